The molecule has 0 atom stereocenters. The Kier molecular flexibility index (Phi) is 5.81. The van der Waals surface area contributed by atoms with Crippen molar-refractivity contribution in [3.63, 3.8) is 0 Å². The highest BCUT2D eigenvalue weighted by Crippen LogP contribution is 2.22. The molecule has 1 aliphatic heterocycles. The molecule has 25 heavy (non-hydrogen) atoms. The zero-order valence-electron chi connectivity index (χ0n) is 15.2. The van der Waals surface area contributed by atoms with E-state index in [1.807, 2.05) is 26.8 Å². The van der Waals surface area contributed by atoms with Gasteiger partial charge in [-0.2, -0.15) is 5.26 Å². The number of piperazine rings is 1. The van der Waals surface area contributed by atoms with Crippen molar-refractivity contribution in [3.05, 3.63) is 40.6 Å². The Morgan fingerprint density at radius 3 is 2.08 bits per heavy atom. The van der Waals surface area contributed by atoms with E-state index in [0.29, 0.717) is 26.2 Å². The molecule has 6 nitrogen and oxygen atoms in total. The highest BCUT2D eigenvalue weighted by Gasteiger charge is 2.24. The predicted octanol–water partition coefficient (Wildman–Crippen LogP) is 2.12. The van der Waals surface area contributed by atoms with Crippen LogP contribution >= 0.6 is 0 Å². The van der Waals surface area contributed by atoms with Crippen LogP contribution in [0.4, 0.5) is 5.69 Å². The number of hydrogen-bond donors (Lipinski definition) is 1. The molecule has 132 valence electrons. The van der Waals surface area contributed by atoms with Crippen LogP contribution in [-0.2, 0) is 9.59 Å². The second kappa shape index (κ2) is 7.84. The molecule has 1 N–H and O–H groups in total. The van der Waals surface area contributed by atoms with E-state index in [2.05, 4.69) is 17.4 Å². The number of nitrogens with zero attached hydrogens (tertiary/aromatic N) is 3. The molecule has 0 aliphatic carbocycles. The van der Waals surface area contributed by atoms with Gasteiger partial charge in [0.25, 0.3) is 5.91 Å². The van der Waals surface area contributed by atoms with Gasteiger partial charge in [0.2, 0.25) is 5.91 Å². The molecule has 0 bridgehead atoms. The van der Waals surface area contributed by atoms with Crippen molar-refractivity contribution in [2.24, 2.45) is 0 Å². The molecule has 0 unspecified atom stereocenters. The van der Waals surface area contributed by atoms with E-state index in [1.54, 1.807) is 9.80 Å². The summed E-state index contributed by atoms with van der Waals surface area (Å²) in [7, 11) is 0. The van der Waals surface area contributed by atoms with Gasteiger partial charge in [-0.05, 0) is 31.9 Å². The number of anilines is 1. The minimum absolute atomic E-state index is 0.00939. The molecular weight excluding hydrogens is 316 g/mol. The average molecular weight is 340 g/mol. The summed E-state index contributed by atoms with van der Waals surface area (Å²) in [6.45, 7) is 9.43. The highest BCUT2D eigenvalue weighted by atomic mass is 16.2. The van der Waals surface area contributed by atoms with Crippen LogP contribution in [0, 0.1) is 32.1 Å². The summed E-state index contributed by atoms with van der Waals surface area (Å²) in [5.74, 6) is -0.296. The Morgan fingerprint density at radius 2 is 1.60 bits per heavy atom. The van der Waals surface area contributed by atoms with Gasteiger partial charge in [-0.25, -0.2) is 0 Å². The van der Waals surface area contributed by atoms with Crippen molar-refractivity contribution in [1.29, 1.82) is 5.26 Å². The fourth-order valence-electron chi connectivity index (χ4n) is 3.09. The van der Waals surface area contributed by atoms with Crippen LogP contribution < -0.4 is 5.32 Å². The first-order valence-corrected chi connectivity index (χ1v) is 8.33. The number of benzene rings is 1. The molecule has 6 heteroatoms. The molecule has 0 saturated carbocycles. The first-order chi connectivity index (χ1) is 11.8. The third-order valence-corrected chi connectivity index (χ3v) is 4.40. The van der Waals surface area contributed by atoms with E-state index >= 15 is 0 Å². The molecule has 2 amide bonds. The van der Waals surface area contributed by atoms with E-state index in [0.717, 1.165) is 16.8 Å². The lowest BCUT2D eigenvalue weighted by Crippen LogP contribution is -2.50. The normalized spacial score (nSPS) is 14.9. The number of aryl methyl sites for hydroxylation is 3. The Bertz CT molecular complexity index is 730. The summed E-state index contributed by atoms with van der Waals surface area (Å²) in [5, 5.41) is 12.5. The minimum Gasteiger partial charge on any atom is -0.360 e. The van der Waals surface area contributed by atoms with Gasteiger partial charge < -0.3 is 15.1 Å². The van der Waals surface area contributed by atoms with E-state index in [4.69, 9.17) is 0 Å². The van der Waals surface area contributed by atoms with Gasteiger partial charge >= 0.3 is 0 Å². The molecule has 1 aromatic rings. The monoisotopic (exact) mass is 340 g/mol. The minimum atomic E-state index is -0.305. The molecule has 1 aromatic carbocycles. The summed E-state index contributed by atoms with van der Waals surface area (Å²) in [4.78, 5) is 27.2. The fourth-order valence-corrected chi connectivity index (χ4v) is 3.09. The number of nitrogens with one attached hydrogen (secondary N) is 1. The molecule has 0 aromatic heterocycles. The Labute approximate surface area is 148 Å². The van der Waals surface area contributed by atoms with Crippen molar-refractivity contribution in [1.82, 2.24) is 9.80 Å². The number of nitriles is 1. The van der Waals surface area contributed by atoms with E-state index in [9.17, 15) is 14.9 Å². The van der Waals surface area contributed by atoms with Crippen LogP contribution in [0.15, 0.2) is 23.9 Å². The largest absolute Gasteiger partial charge is 0.360 e. The summed E-state index contributed by atoms with van der Waals surface area (Å²) >= 11 is 0. The maximum atomic E-state index is 12.5. The highest BCUT2D eigenvalue weighted by molar-refractivity contribution is 5.97. The third kappa shape index (κ3) is 4.38. The molecule has 1 heterocycles. The van der Waals surface area contributed by atoms with E-state index in [1.165, 1.54) is 18.7 Å². The molecule has 1 fully saturated rings. The standard InChI is InChI=1S/C19H24N4O2/c1-13-9-14(2)18(15(3)10-13)21-12-17(11-20)19(25)23-7-5-22(6-8-23)16(4)24/h9-10,12,21H,5-8H2,1-4H3/b17-12-. The van der Waals surface area contributed by atoms with Crippen LogP contribution in [0.2, 0.25) is 0 Å². The SMILES string of the molecule is CC(=O)N1CCN(C(=O)/C(C#N)=C\Nc2c(C)cc(C)cc2C)CC1. The topological polar surface area (TPSA) is 76.4 Å². The first-order valence-electron chi connectivity index (χ1n) is 8.33. The molecule has 0 spiro atoms. The summed E-state index contributed by atoms with van der Waals surface area (Å²) < 4.78 is 0. The molecule has 0 radical (unpaired) electrons. The lowest BCUT2D eigenvalue weighted by molar-refractivity contribution is -0.136. The second-order valence-electron chi connectivity index (χ2n) is 6.39. The smallest absolute Gasteiger partial charge is 0.266 e. The van der Waals surface area contributed by atoms with Gasteiger partial charge in [0.05, 0.1) is 0 Å². The summed E-state index contributed by atoms with van der Waals surface area (Å²) in [6.07, 6.45) is 1.48. The predicted molar refractivity (Wildman–Crippen MR) is 96.8 cm³/mol. The van der Waals surface area contributed by atoms with Gasteiger partial charge in [-0.1, -0.05) is 17.7 Å². The average Bonchev–Trinajstić information content (AvgIpc) is 2.57. The zero-order chi connectivity index (χ0) is 18.6. The molecule has 2 rings (SSSR count). The van der Waals surface area contributed by atoms with Gasteiger partial charge in [-0.15, -0.1) is 0 Å². The maximum absolute atomic E-state index is 12.5. The van der Waals surface area contributed by atoms with Crippen LogP contribution in [0.1, 0.15) is 23.6 Å². The number of carbonyl (C=O) groups excluding carboxylic acids is 2. The zero-order valence-corrected chi connectivity index (χ0v) is 15.2. The van der Waals surface area contributed by atoms with Crippen molar-refractivity contribution in [2.75, 3.05) is 31.5 Å². The van der Waals surface area contributed by atoms with Gasteiger partial charge in [0.15, 0.2) is 0 Å². The van der Waals surface area contributed by atoms with Crippen molar-refractivity contribution >= 4 is 17.5 Å². The lowest BCUT2D eigenvalue weighted by Gasteiger charge is -2.34. The Balaban J connectivity index is 2.10. The lowest BCUT2D eigenvalue weighted by atomic mass is 10.1. The van der Waals surface area contributed by atoms with Gasteiger partial charge in [0.1, 0.15) is 11.6 Å². The number of carbonyl (C=O) groups is 2. The summed E-state index contributed by atoms with van der Waals surface area (Å²) in [6, 6.07) is 6.09. The first kappa shape index (κ1) is 18.5. The van der Waals surface area contributed by atoms with Crippen LogP contribution in [-0.4, -0.2) is 47.8 Å². The van der Waals surface area contributed by atoms with Crippen molar-refractivity contribution < 1.29 is 9.59 Å². The fraction of sp³-hybridized carbons (Fsp3) is 0.421. The van der Waals surface area contributed by atoms with Crippen LogP contribution in [0.25, 0.3) is 0 Å². The van der Waals surface area contributed by atoms with E-state index < -0.39 is 0 Å². The third-order valence-electron chi connectivity index (χ3n) is 4.40. The molecular formula is C19H24N4O2. The quantitative estimate of drug-likeness (QED) is 0.675. The Hall–Kier alpha value is -2.81. The van der Waals surface area contributed by atoms with Gasteiger partial charge in [-0.3, -0.25) is 9.59 Å². The van der Waals surface area contributed by atoms with Crippen molar-refractivity contribution in [3.8, 4) is 6.07 Å². The summed E-state index contributed by atoms with van der Waals surface area (Å²) in [5.41, 5.74) is 4.27. The number of hydrogen-bond acceptors (Lipinski definition) is 4. The van der Waals surface area contributed by atoms with Gasteiger partial charge in [0, 0.05) is 45.0 Å². The number of rotatable bonds is 3. The molecule has 1 saturated heterocycles. The molecule has 1 aliphatic rings. The van der Waals surface area contributed by atoms with Crippen molar-refractivity contribution in [2.45, 2.75) is 27.7 Å². The Morgan fingerprint density at radius 1 is 1.08 bits per heavy atom. The van der Waals surface area contributed by atoms with Crippen LogP contribution in [0.3, 0.4) is 0 Å². The number of amides is 2. The maximum Gasteiger partial charge on any atom is 0.266 e. The van der Waals surface area contributed by atoms with E-state index in [-0.39, 0.29) is 17.4 Å². The van der Waals surface area contributed by atoms with Crippen LogP contribution in [0.5, 0.6) is 0 Å². The second-order valence-corrected chi connectivity index (χ2v) is 6.39.